The second-order valence-corrected chi connectivity index (χ2v) is 9.57. The second kappa shape index (κ2) is 16.8. The van der Waals surface area contributed by atoms with Crippen molar-refractivity contribution < 1.29 is 27.5 Å². The largest absolute Gasteiger partial charge is 0.573 e. The van der Waals surface area contributed by atoms with Crippen LogP contribution in [0.25, 0.3) is 0 Å². The van der Waals surface area contributed by atoms with E-state index < -0.39 is 12.4 Å². The number of amides is 2. The number of nitrogens with zero attached hydrogens (tertiary/aromatic N) is 4. The number of rotatable bonds is 14. The first kappa shape index (κ1) is 33.9. The van der Waals surface area contributed by atoms with Crippen LogP contribution in [0.1, 0.15) is 38.7 Å². The molecule has 2 aromatic rings. The van der Waals surface area contributed by atoms with Gasteiger partial charge in [-0.2, -0.15) is 4.98 Å². The van der Waals surface area contributed by atoms with Crippen LogP contribution in [0, 0.1) is 11.8 Å². The predicted octanol–water partition coefficient (Wildman–Crippen LogP) is 4.15. The Kier molecular flexibility index (Phi) is 13.6. The lowest BCUT2D eigenvalue weighted by Gasteiger charge is -2.23. The fourth-order valence-corrected chi connectivity index (χ4v) is 3.35. The summed E-state index contributed by atoms with van der Waals surface area (Å²) in [6.45, 7) is 5.32. The molecule has 1 aromatic heterocycles. The molecule has 0 unspecified atom stereocenters. The molecule has 1 aromatic carbocycles. The van der Waals surface area contributed by atoms with Gasteiger partial charge >= 0.3 is 6.36 Å². The zero-order chi connectivity index (χ0) is 31.1. The number of nitrogens with one attached hydrogen (secondary N) is 3. The monoisotopic (exact) mass is 589 g/mol. The van der Waals surface area contributed by atoms with Crippen LogP contribution < -0.4 is 20.7 Å². The van der Waals surface area contributed by atoms with Crippen molar-refractivity contribution in [2.24, 2.45) is 0 Å². The highest BCUT2D eigenvalue weighted by Crippen LogP contribution is 2.26. The lowest BCUT2D eigenvalue weighted by molar-refractivity contribution is -0.274. The Balaban J connectivity index is 1.93. The van der Waals surface area contributed by atoms with Crippen LogP contribution in [0.2, 0.25) is 0 Å². The van der Waals surface area contributed by atoms with Gasteiger partial charge in [0.25, 0.3) is 0 Å². The molecule has 42 heavy (non-hydrogen) atoms. The van der Waals surface area contributed by atoms with Crippen molar-refractivity contribution in [1.82, 2.24) is 25.1 Å². The van der Waals surface area contributed by atoms with Crippen molar-refractivity contribution in [3.05, 3.63) is 48.2 Å². The molecule has 0 bridgehead atoms. The number of hydrogen-bond donors (Lipinski definition) is 3. The number of carbonyl (C=O) groups is 2. The molecule has 1 atom stereocenters. The van der Waals surface area contributed by atoms with Gasteiger partial charge in [0.05, 0.1) is 11.8 Å². The molecule has 0 spiro atoms. The van der Waals surface area contributed by atoms with Gasteiger partial charge < -0.3 is 30.5 Å². The molecular formula is C29H38F3N7O3. The van der Waals surface area contributed by atoms with Crippen molar-refractivity contribution in [2.45, 2.75) is 45.5 Å². The lowest BCUT2D eigenvalue weighted by Crippen LogP contribution is -2.45. The second-order valence-electron chi connectivity index (χ2n) is 9.57. The molecule has 228 valence electrons. The van der Waals surface area contributed by atoms with E-state index in [4.69, 9.17) is 0 Å². The molecule has 0 saturated carbocycles. The Labute approximate surface area is 244 Å². The van der Waals surface area contributed by atoms with Gasteiger partial charge in [0.15, 0.2) is 0 Å². The van der Waals surface area contributed by atoms with E-state index in [-0.39, 0.29) is 23.5 Å². The molecule has 0 aliphatic carbocycles. The van der Waals surface area contributed by atoms with Crippen molar-refractivity contribution in [3.8, 4) is 17.6 Å². The highest BCUT2D eigenvalue weighted by molar-refractivity contribution is 5.92. The number of aromatic nitrogens is 2. The van der Waals surface area contributed by atoms with E-state index in [0.717, 1.165) is 6.42 Å². The van der Waals surface area contributed by atoms with E-state index in [9.17, 15) is 22.8 Å². The molecular weight excluding hydrogens is 551 g/mol. The minimum absolute atomic E-state index is 0.178. The third kappa shape index (κ3) is 12.5. The van der Waals surface area contributed by atoms with Gasteiger partial charge in [-0.15, -0.1) is 13.2 Å². The fraction of sp³-hybridized carbons (Fsp3) is 0.448. The third-order valence-electron chi connectivity index (χ3n) is 5.69. The van der Waals surface area contributed by atoms with Crippen molar-refractivity contribution in [2.75, 3.05) is 51.4 Å². The summed E-state index contributed by atoms with van der Waals surface area (Å²) in [5.41, 5.74) is 0.882. The van der Waals surface area contributed by atoms with E-state index in [1.807, 2.05) is 25.9 Å². The number of alkyl halides is 3. The lowest BCUT2D eigenvalue weighted by atomic mass is 10.2. The summed E-state index contributed by atoms with van der Waals surface area (Å²) in [6.07, 6.45) is 1.87. The topological polar surface area (TPSA) is 112 Å². The van der Waals surface area contributed by atoms with Crippen LogP contribution in [0.4, 0.5) is 30.6 Å². The maximum absolute atomic E-state index is 12.5. The summed E-state index contributed by atoms with van der Waals surface area (Å²) >= 11 is 0. The zero-order valence-corrected chi connectivity index (χ0v) is 24.5. The number of carbonyl (C=O) groups excluding carboxylic acids is 2. The Hall–Kier alpha value is -4.31. The number of hydrogen-bond acceptors (Lipinski definition) is 8. The van der Waals surface area contributed by atoms with Gasteiger partial charge in [0, 0.05) is 50.9 Å². The third-order valence-corrected chi connectivity index (χ3v) is 5.69. The van der Waals surface area contributed by atoms with Gasteiger partial charge in [0.1, 0.15) is 17.6 Å². The van der Waals surface area contributed by atoms with Crippen LogP contribution in [0.3, 0.4) is 0 Å². The summed E-state index contributed by atoms with van der Waals surface area (Å²) in [5.74, 6) is 5.89. The highest BCUT2D eigenvalue weighted by Gasteiger charge is 2.31. The Morgan fingerprint density at radius 3 is 2.64 bits per heavy atom. The molecule has 2 rings (SSSR count). The van der Waals surface area contributed by atoms with E-state index in [1.54, 1.807) is 26.1 Å². The minimum Gasteiger partial charge on any atom is -0.406 e. The first-order valence-corrected chi connectivity index (χ1v) is 13.5. The summed E-state index contributed by atoms with van der Waals surface area (Å²) < 4.78 is 41.6. The summed E-state index contributed by atoms with van der Waals surface area (Å²) in [6, 6.07) is 4.76. The summed E-state index contributed by atoms with van der Waals surface area (Å²) in [5, 5.41) is 8.89. The molecule has 2 amide bonds. The number of anilines is 3. The van der Waals surface area contributed by atoms with Crippen LogP contribution in [-0.4, -0.2) is 84.8 Å². The van der Waals surface area contributed by atoms with Crippen molar-refractivity contribution in [1.29, 1.82) is 0 Å². The first-order chi connectivity index (χ1) is 19.9. The quantitative estimate of drug-likeness (QED) is 0.171. The average molecular weight is 590 g/mol. The highest BCUT2D eigenvalue weighted by atomic mass is 19.4. The van der Waals surface area contributed by atoms with Crippen LogP contribution in [-0.2, 0) is 9.59 Å². The number of unbranched alkanes of at least 4 members (excludes halogenated alkanes) is 1. The van der Waals surface area contributed by atoms with Crippen molar-refractivity contribution in [3.63, 3.8) is 0 Å². The van der Waals surface area contributed by atoms with E-state index in [2.05, 4.69) is 42.5 Å². The Morgan fingerprint density at radius 2 is 1.95 bits per heavy atom. The molecule has 3 N–H and O–H groups in total. The van der Waals surface area contributed by atoms with Gasteiger partial charge in [-0.25, -0.2) is 4.98 Å². The van der Waals surface area contributed by atoms with Crippen LogP contribution in [0.5, 0.6) is 5.75 Å². The maximum Gasteiger partial charge on any atom is 0.573 e. The fourth-order valence-electron chi connectivity index (χ4n) is 3.35. The molecule has 0 fully saturated rings. The zero-order valence-electron chi connectivity index (χ0n) is 24.5. The Bertz CT molecular complexity index is 1270. The van der Waals surface area contributed by atoms with Crippen LogP contribution in [0.15, 0.2) is 42.6 Å². The molecule has 0 radical (unpaired) electrons. The van der Waals surface area contributed by atoms with Crippen LogP contribution >= 0.6 is 0 Å². The smallest absolute Gasteiger partial charge is 0.406 e. The normalized spacial score (nSPS) is 11.9. The average Bonchev–Trinajstić information content (AvgIpc) is 2.92. The van der Waals surface area contributed by atoms with E-state index >= 15 is 0 Å². The predicted molar refractivity (Wildman–Crippen MR) is 156 cm³/mol. The van der Waals surface area contributed by atoms with E-state index in [0.29, 0.717) is 49.5 Å². The standard InChI is InChI=1S/C29H38F3N7O3/c1-6-16-33-26-22(20-35-28(37-26)36-23-13-10-14-24(19-23)42-29(30,31)32)12-8-7-9-17-34-27(41)21(2)39(5)25(40)15-11-18-38(3)4/h10-11,13-15,19-21H,6-7,9,16-18H2,1-5H3,(H,34,41)(H2,33,35,36,37)/t21-/m0/s1. The molecule has 0 aliphatic heterocycles. The molecule has 1 heterocycles. The number of benzene rings is 1. The van der Waals surface area contributed by atoms with Gasteiger partial charge in [0.2, 0.25) is 17.8 Å². The number of ether oxygens (including phenoxy) is 1. The van der Waals surface area contributed by atoms with Gasteiger partial charge in [-0.3, -0.25) is 9.59 Å². The van der Waals surface area contributed by atoms with Crippen molar-refractivity contribution >= 4 is 29.3 Å². The Morgan fingerprint density at radius 1 is 1.19 bits per heavy atom. The first-order valence-electron chi connectivity index (χ1n) is 13.5. The summed E-state index contributed by atoms with van der Waals surface area (Å²) in [7, 11) is 5.38. The SMILES string of the molecule is CCCNc1nc(Nc2cccc(OC(F)(F)F)c2)ncc1C#CCCCNC(=O)[C@H](C)N(C)C(=O)C=CCN(C)C. The molecule has 10 nitrogen and oxygen atoms in total. The minimum atomic E-state index is -4.79. The van der Waals surface area contributed by atoms with Gasteiger partial charge in [-0.1, -0.05) is 30.9 Å². The van der Waals surface area contributed by atoms with Gasteiger partial charge in [-0.05, 0) is 46.0 Å². The van der Waals surface area contributed by atoms with E-state index in [1.165, 1.54) is 35.4 Å². The molecule has 0 saturated heterocycles. The maximum atomic E-state index is 12.5. The summed E-state index contributed by atoms with van der Waals surface area (Å²) in [4.78, 5) is 36.7. The number of halogens is 3. The molecule has 0 aliphatic rings. The number of likely N-dealkylation sites (N-methyl/N-ethyl adjacent to an activating group) is 2. The molecule has 13 heteroatoms.